The zero-order chi connectivity index (χ0) is 12.4. The van der Waals surface area contributed by atoms with Gasteiger partial charge in [-0.1, -0.05) is 18.5 Å². The predicted octanol–water partition coefficient (Wildman–Crippen LogP) is 3.25. The first kappa shape index (κ1) is 11.9. The Bertz CT molecular complexity index is 512. The van der Waals surface area contributed by atoms with Crippen molar-refractivity contribution in [1.29, 1.82) is 0 Å². The van der Waals surface area contributed by atoms with Crippen LogP contribution in [0.5, 0.6) is 0 Å². The van der Waals surface area contributed by atoms with Crippen LogP contribution in [0.1, 0.15) is 18.2 Å². The van der Waals surface area contributed by atoms with Crippen LogP contribution < -0.4 is 5.73 Å². The Morgan fingerprint density at radius 2 is 1.82 bits per heavy atom. The van der Waals surface area contributed by atoms with Crippen molar-refractivity contribution < 1.29 is 0 Å². The van der Waals surface area contributed by atoms with Crippen molar-refractivity contribution in [1.82, 2.24) is 9.97 Å². The molecule has 2 rings (SSSR count). The molecule has 17 heavy (non-hydrogen) atoms. The largest absolute Gasteiger partial charge is 0.383 e. The summed E-state index contributed by atoms with van der Waals surface area (Å²) >= 11 is 5.84. The zero-order valence-corrected chi connectivity index (χ0v) is 10.6. The molecule has 0 bridgehead atoms. The number of hydrogen-bond acceptors (Lipinski definition) is 3. The molecule has 0 aliphatic heterocycles. The quantitative estimate of drug-likeness (QED) is 0.886. The normalized spacial score (nSPS) is 10.5. The summed E-state index contributed by atoms with van der Waals surface area (Å²) in [5.41, 5.74) is 8.80. The lowest BCUT2D eigenvalue weighted by atomic mass is 10.1. The first-order valence-electron chi connectivity index (χ1n) is 5.50. The molecule has 0 amide bonds. The van der Waals surface area contributed by atoms with Gasteiger partial charge in [0, 0.05) is 21.8 Å². The summed E-state index contributed by atoms with van der Waals surface area (Å²) in [7, 11) is 0. The van der Waals surface area contributed by atoms with Gasteiger partial charge in [-0.25, -0.2) is 9.97 Å². The number of nitrogens with zero attached hydrogens (tertiary/aromatic N) is 2. The summed E-state index contributed by atoms with van der Waals surface area (Å²) in [5.74, 6) is 1.21. The fraction of sp³-hybridized carbons (Fsp3) is 0.231. The summed E-state index contributed by atoms with van der Waals surface area (Å²) in [4.78, 5) is 8.80. The van der Waals surface area contributed by atoms with E-state index in [9.17, 15) is 0 Å². The molecular weight excluding hydrogens is 234 g/mol. The third-order valence-electron chi connectivity index (χ3n) is 2.70. The van der Waals surface area contributed by atoms with E-state index in [1.807, 2.05) is 38.1 Å². The Morgan fingerprint density at radius 3 is 2.35 bits per heavy atom. The second-order valence-corrected chi connectivity index (χ2v) is 4.29. The van der Waals surface area contributed by atoms with Crippen LogP contribution in [0.25, 0.3) is 11.4 Å². The van der Waals surface area contributed by atoms with Crippen molar-refractivity contribution in [3.8, 4) is 11.4 Å². The van der Waals surface area contributed by atoms with E-state index in [4.69, 9.17) is 17.3 Å². The Kier molecular flexibility index (Phi) is 3.29. The number of rotatable bonds is 2. The highest BCUT2D eigenvalue weighted by Crippen LogP contribution is 2.22. The Morgan fingerprint density at radius 1 is 1.18 bits per heavy atom. The van der Waals surface area contributed by atoms with E-state index in [-0.39, 0.29) is 0 Å². The minimum Gasteiger partial charge on any atom is -0.383 e. The van der Waals surface area contributed by atoms with Gasteiger partial charge in [0.15, 0.2) is 5.82 Å². The van der Waals surface area contributed by atoms with Crippen LogP contribution >= 0.6 is 11.6 Å². The number of hydrogen-bond donors (Lipinski definition) is 1. The maximum atomic E-state index is 5.92. The van der Waals surface area contributed by atoms with E-state index in [0.29, 0.717) is 16.7 Å². The van der Waals surface area contributed by atoms with Gasteiger partial charge < -0.3 is 5.73 Å². The van der Waals surface area contributed by atoms with Crippen molar-refractivity contribution in [2.75, 3.05) is 5.73 Å². The molecule has 0 unspecified atom stereocenters. The monoisotopic (exact) mass is 247 g/mol. The molecule has 0 radical (unpaired) electrons. The summed E-state index contributed by atoms with van der Waals surface area (Å²) in [6.45, 7) is 4.00. The Balaban J connectivity index is 2.50. The maximum Gasteiger partial charge on any atom is 0.161 e. The highest BCUT2D eigenvalue weighted by molar-refractivity contribution is 6.30. The Hall–Kier alpha value is -1.61. The Labute approximate surface area is 106 Å². The van der Waals surface area contributed by atoms with Crippen molar-refractivity contribution >= 4 is 17.4 Å². The molecule has 4 heteroatoms. The molecule has 2 aromatic rings. The summed E-state index contributed by atoms with van der Waals surface area (Å²) < 4.78 is 0. The van der Waals surface area contributed by atoms with Crippen LogP contribution in [0.3, 0.4) is 0 Å². The standard InChI is InChI=1S/C13H14ClN3/c1-3-11-8(2)16-13(17-12(11)15)9-4-6-10(14)7-5-9/h4-7H,3H2,1-2H3,(H2,15,16,17). The van der Waals surface area contributed by atoms with Gasteiger partial charge in [-0.15, -0.1) is 0 Å². The molecule has 1 heterocycles. The number of anilines is 1. The van der Waals surface area contributed by atoms with Gasteiger partial charge in [0.05, 0.1) is 0 Å². The van der Waals surface area contributed by atoms with Crippen LogP contribution in [-0.2, 0) is 6.42 Å². The summed E-state index contributed by atoms with van der Waals surface area (Å²) in [6, 6.07) is 7.42. The van der Waals surface area contributed by atoms with Gasteiger partial charge in [0.25, 0.3) is 0 Å². The second kappa shape index (κ2) is 4.72. The smallest absolute Gasteiger partial charge is 0.161 e. The van der Waals surface area contributed by atoms with Gasteiger partial charge in [-0.05, 0) is 37.6 Å². The number of halogens is 1. The fourth-order valence-corrected chi connectivity index (χ4v) is 1.91. The van der Waals surface area contributed by atoms with Gasteiger partial charge in [0.2, 0.25) is 0 Å². The van der Waals surface area contributed by atoms with Crippen molar-refractivity contribution in [3.05, 3.63) is 40.5 Å². The lowest BCUT2D eigenvalue weighted by molar-refractivity contribution is 1.01. The molecular formula is C13H14ClN3. The molecule has 0 aliphatic carbocycles. The highest BCUT2D eigenvalue weighted by atomic mass is 35.5. The fourth-order valence-electron chi connectivity index (χ4n) is 1.78. The minimum absolute atomic E-state index is 0.560. The first-order valence-corrected chi connectivity index (χ1v) is 5.88. The third kappa shape index (κ3) is 2.39. The van der Waals surface area contributed by atoms with E-state index in [2.05, 4.69) is 9.97 Å². The van der Waals surface area contributed by atoms with Crippen LogP contribution in [0.4, 0.5) is 5.82 Å². The van der Waals surface area contributed by atoms with Crippen molar-refractivity contribution in [3.63, 3.8) is 0 Å². The molecule has 0 saturated heterocycles. The van der Waals surface area contributed by atoms with Gasteiger partial charge in [0.1, 0.15) is 5.82 Å². The molecule has 88 valence electrons. The lowest BCUT2D eigenvalue weighted by Gasteiger charge is -2.08. The van der Waals surface area contributed by atoms with Crippen molar-refractivity contribution in [2.45, 2.75) is 20.3 Å². The molecule has 0 atom stereocenters. The average Bonchev–Trinajstić information content (AvgIpc) is 2.29. The second-order valence-electron chi connectivity index (χ2n) is 3.86. The number of benzene rings is 1. The van der Waals surface area contributed by atoms with E-state index >= 15 is 0 Å². The molecule has 1 aromatic heterocycles. The zero-order valence-electron chi connectivity index (χ0n) is 9.87. The van der Waals surface area contributed by atoms with Crippen LogP contribution in [-0.4, -0.2) is 9.97 Å². The van der Waals surface area contributed by atoms with Crippen LogP contribution in [0.15, 0.2) is 24.3 Å². The SMILES string of the molecule is CCc1c(C)nc(-c2ccc(Cl)cc2)nc1N. The minimum atomic E-state index is 0.560. The van der Waals surface area contributed by atoms with Gasteiger partial charge in [-0.2, -0.15) is 0 Å². The number of nitrogen functional groups attached to an aromatic ring is 1. The molecule has 0 fully saturated rings. The number of aryl methyl sites for hydroxylation is 1. The van der Waals surface area contributed by atoms with E-state index in [0.717, 1.165) is 23.2 Å². The lowest BCUT2D eigenvalue weighted by Crippen LogP contribution is -2.04. The summed E-state index contributed by atoms with van der Waals surface area (Å²) in [6.07, 6.45) is 0.846. The van der Waals surface area contributed by atoms with E-state index in [1.54, 1.807) is 0 Å². The van der Waals surface area contributed by atoms with Gasteiger partial charge >= 0.3 is 0 Å². The molecule has 0 saturated carbocycles. The molecule has 0 aliphatic rings. The summed E-state index contributed by atoms with van der Waals surface area (Å²) in [5, 5.41) is 0.698. The van der Waals surface area contributed by atoms with E-state index in [1.165, 1.54) is 0 Å². The first-order chi connectivity index (χ1) is 8.11. The molecule has 3 nitrogen and oxygen atoms in total. The molecule has 1 aromatic carbocycles. The third-order valence-corrected chi connectivity index (χ3v) is 2.95. The molecule has 2 N–H and O–H groups in total. The highest BCUT2D eigenvalue weighted by Gasteiger charge is 2.08. The van der Waals surface area contributed by atoms with Gasteiger partial charge in [-0.3, -0.25) is 0 Å². The predicted molar refractivity (Wildman–Crippen MR) is 71.0 cm³/mol. The molecule has 0 spiro atoms. The topological polar surface area (TPSA) is 51.8 Å². The van der Waals surface area contributed by atoms with E-state index < -0.39 is 0 Å². The van der Waals surface area contributed by atoms with Crippen molar-refractivity contribution in [2.24, 2.45) is 0 Å². The number of aromatic nitrogens is 2. The van der Waals surface area contributed by atoms with Crippen LogP contribution in [0.2, 0.25) is 5.02 Å². The van der Waals surface area contributed by atoms with Crippen LogP contribution in [0, 0.1) is 6.92 Å². The maximum absolute atomic E-state index is 5.92. The average molecular weight is 248 g/mol. The number of nitrogens with two attached hydrogens (primary N) is 1.